The first-order valence-electron chi connectivity index (χ1n) is 4.64. The van der Waals surface area contributed by atoms with Crippen LogP contribution in [0.4, 0.5) is 35.1 Å². The van der Waals surface area contributed by atoms with Crippen molar-refractivity contribution in [3.05, 3.63) is 34.6 Å². The maximum absolute atomic E-state index is 13.1. The molecule has 0 bridgehead atoms. The fraction of sp³-hybridized carbons (Fsp3) is 0.300. The van der Waals surface area contributed by atoms with E-state index in [4.69, 9.17) is 11.6 Å². The van der Waals surface area contributed by atoms with Gasteiger partial charge in [0.1, 0.15) is 5.82 Å². The molecule has 0 fully saturated rings. The van der Waals surface area contributed by atoms with Crippen molar-refractivity contribution in [2.75, 3.05) is 0 Å². The highest BCUT2D eigenvalue weighted by atomic mass is 35.5. The molecular weight excluding hydrogens is 324 g/mol. The zero-order chi connectivity index (χ0) is 15.9. The number of rotatable bonds is 3. The Morgan fingerprint density at radius 3 is 1.95 bits per heavy atom. The summed E-state index contributed by atoms with van der Waals surface area (Å²) < 4.78 is 99.9. The number of ketones is 1. The van der Waals surface area contributed by atoms with Gasteiger partial charge in [0.25, 0.3) is 0 Å². The van der Waals surface area contributed by atoms with Crippen LogP contribution in [0.5, 0.6) is 0 Å². The van der Waals surface area contributed by atoms with E-state index in [1.165, 1.54) is 0 Å². The van der Waals surface area contributed by atoms with Gasteiger partial charge in [-0.25, -0.2) is 4.39 Å². The standard InChI is InChI=1S/C10H3ClF8O/c11-6-2-1-4(12)3-5(6)7(20)8(13,14)9(15,16)10(17,18)19/h1-3H. The molecule has 0 atom stereocenters. The molecule has 0 aliphatic rings. The van der Waals surface area contributed by atoms with Crippen molar-refractivity contribution in [1.29, 1.82) is 0 Å². The van der Waals surface area contributed by atoms with Gasteiger partial charge in [0.15, 0.2) is 0 Å². The van der Waals surface area contributed by atoms with E-state index in [9.17, 15) is 39.9 Å². The lowest BCUT2D eigenvalue weighted by atomic mass is 10.00. The average Bonchev–Trinajstić information content (AvgIpc) is 2.29. The van der Waals surface area contributed by atoms with Crippen LogP contribution in [0.25, 0.3) is 0 Å². The molecule has 1 rings (SSSR count). The van der Waals surface area contributed by atoms with Gasteiger partial charge in [-0.05, 0) is 18.2 Å². The Bertz CT molecular complexity index is 537. The normalized spacial score (nSPS) is 13.4. The van der Waals surface area contributed by atoms with Crippen molar-refractivity contribution in [3.8, 4) is 0 Å². The molecule has 20 heavy (non-hydrogen) atoms. The van der Waals surface area contributed by atoms with E-state index >= 15 is 0 Å². The average molecular weight is 327 g/mol. The third-order valence-corrected chi connectivity index (χ3v) is 2.54. The molecule has 10 heteroatoms. The zero-order valence-electron chi connectivity index (χ0n) is 9.04. The first-order chi connectivity index (χ1) is 8.82. The van der Waals surface area contributed by atoms with Crippen LogP contribution in [-0.2, 0) is 0 Å². The third-order valence-electron chi connectivity index (χ3n) is 2.21. The van der Waals surface area contributed by atoms with Crippen molar-refractivity contribution < 1.29 is 39.9 Å². The van der Waals surface area contributed by atoms with E-state index < -0.39 is 40.2 Å². The molecule has 112 valence electrons. The van der Waals surface area contributed by atoms with Crippen molar-refractivity contribution in [2.24, 2.45) is 0 Å². The second-order valence-corrected chi connectivity index (χ2v) is 4.01. The summed E-state index contributed by atoms with van der Waals surface area (Å²) in [4.78, 5) is 11.2. The van der Waals surface area contributed by atoms with Crippen LogP contribution in [0.3, 0.4) is 0 Å². The Morgan fingerprint density at radius 1 is 1.00 bits per heavy atom. The van der Waals surface area contributed by atoms with Crippen molar-refractivity contribution in [3.63, 3.8) is 0 Å². The number of hydrogen-bond donors (Lipinski definition) is 0. The van der Waals surface area contributed by atoms with Gasteiger partial charge in [-0.3, -0.25) is 4.79 Å². The molecule has 0 heterocycles. The predicted molar refractivity (Wildman–Crippen MR) is 51.7 cm³/mol. The van der Waals surface area contributed by atoms with Crippen LogP contribution in [0, 0.1) is 5.82 Å². The highest BCUT2D eigenvalue weighted by Crippen LogP contribution is 2.48. The SMILES string of the molecule is O=C(c1cc(F)ccc1Cl)C(F)(F)C(F)(F)C(F)(F)F. The Labute approximate surface area is 111 Å². The zero-order valence-corrected chi connectivity index (χ0v) is 9.80. The van der Waals surface area contributed by atoms with Crippen molar-refractivity contribution >= 4 is 17.4 Å². The first-order valence-corrected chi connectivity index (χ1v) is 5.02. The summed E-state index contributed by atoms with van der Waals surface area (Å²) in [6.07, 6.45) is -6.66. The van der Waals surface area contributed by atoms with Crippen LogP contribution in [0.2, 0.25) is 5.02 Å². The van der Waals surface area contributed by atoms with Gasteiger partial charge in [-0.2, -0.15) is 30.7 Å². The number of halogens is 9. The number of carbonyl (C=O) groups is 1. The van der Waals surface area contributed by atoms with Gasteiger partial charge in [0, 0.05) is 5.56 Å². The Balaban J connectivity index is 3.35. The summed E-state index contributed by atoms with van der Waals surface area (Å²) in [5.41, 5.74) is -1.47. The fourth-order valence-corrected chi connectivity index (χ4v) is 1.36. The molecule has 1 aromatic rings. The smallest absolute Gasteiger partial charge is 0.287 e. The van der Waals surface area contributed by atoms with Gasteiger partial charge in [0.05, 0.1) is 5.02 Å². The number of alkyl halides is 7. The minimum atomic E-state index is -6.66. The van der Waals surface area contributed by atoms with Crippen LogP contribution in [0.1, 0.15) is 10.4 Å². The molecule has 0 N–H and O–H groups in total. The van der Waals surface area contributed by atoms with E-state index in [2.05, 4.69) is 0 Å². The summed E-state index contributed by atoms with van der Waals surface area (Å²) in [5.74, 6) is -17.0. The number of carbonyl (C=O) groups excluding carboxylic acids is 1. The Hall–Kier alpha value is -1.38. The molecule has 0 aliphatic carbocycles. The number of hydrogen-bond acceptors (Lipinski definition) is 1. The second kappa shape index (κ2) is 4.87. The largest absolute Gasteiger partial charge is 0.460 e. The monoisotopic (exact) mass is 326 g/mol. The van der Waals surface area contributed by atoms with E-state index in [1.807, 2.05) is 0 Å². The molecule has 1 aromatic carbocycles. The molecule has 0 saturated heterocycles. The lowest BCUT2D eigenvalue weighted by Crippen LogP contribution is -2.56. The van der Waals surface area contributed by atoms with E-state index in [0.717, 1.165) is 0 Å². The molecule has 0 amide bonds. The quantitative estimate of drug-likeness (QED) is 0.590. The van der Waals surface area contributed by atoms with Gasteiger partial charge in [-0.1, -0.05) is 11.6 Å². The molecule has 0 spiro atoms. The van der Waals surface area contributed by atoms with Crippen LogP contribution in [0.15, 0.2) is 18.2 Å². The molecular formula is C10H3ClF8O. The van der Waals surface area contributed by atoms with Crippen LogP contribution < -0.4 is 0 Å². The highest BCUT2D eigenvalue weighted by Gasteiger charge is 2.76. The van der Waals surface area contributed by atoms with Gasteiger partial charge >= 0.3 is 18.0 Å². The minimum Gasteiger partial charge on any atom is -0.287 e. The van der Waals surface area contributed by atoms with E-state index in [0.29, 0.717) is 12.1 Å². The van der Waals surface area contributed by atoms with Gasteiger partial charge in [0.2, 0.25) is 5.78 Å². The summed E-state index contributed by atoms with van der Waals surface area (Å²) in [7, 11) is 0. The van der Waals surface area contributed by atoms with Gasteiger partial charge in [-0.15, -0.1) is 0 Å². The molecule has 0 unspecified atom stereocenters. The van der Waals surface area contributed by atoms with E-state index in [1.54, 1.807) is 0 Å². The molecule has 0 aromatic heterocycles. The Kier molecular flexibility index (Phi) is 4.06. The third kappa shape index (κ3) is 2.58. The fourth-order valence-electron chi connectivity index (χ4n) is 1.16. The molecule has 0 radical (unpaired) electrons. The lowest BCUT2D eigenvalue weighted by molar-refractivity contribution is -0.339. The van der Waals surface area contributed by atoms with Gasteiger partial charge < -0.3 is 0 Å². The Morgan fingerprint density at radius 2 is 1.50 bits per heavy atom. The molecule has 1 nitrogen and oxygen atoms in total. The number of Topliss-reactive ketones (excluding diaryl/α,β-unsaturated/α-hetero) is 1. The van der Waals surface area contributed by atoms with Crippen molar-refractivity contribution in [2.45, 2.75) is 18.0 Å². The summed E-state index contributed by atoms with van der Waals surface area (Å²) in [6, 6.07) is 1.23. The summed E-state index contributed by atoms with van der Waals surface area (Å²) in [6.45, 7) is 0. The topological polar surface area (TPSA) is 17.1 Å². The summed E-state index contributed by atoms with van der Waals surface area (Å²) in [5, 5.41) is -0.881. The van der Waals surface area contributed by atoms with Crippen LogP contribution in [-0.4, -0.2) is 23.8 Å². The summed E-state index contributed by atoms with van der Waals surface area (Å²) >= 11 is 5.21. The minimum absolute atomic E-state index is 0.0467. The maximum Gasteiger partial charge on any atom is 0.460 e. The highest BCUT2D eigenvalue weighted by molar-refractivity contribution is 6.34. The molecule has 0 aliphatic heterocycles. The maximum atomic E-state index is 13.1. The number of benzene rings is 1. The second-order valence-electron chi connectivity index (χ2n) is 3.60. The predicted octanol–water partition coefficient (Wildman–Crippen LogP) is 4.49. The molecule has 0 saturated carbocycles. The van der Waals surface area contributed by atoms with Crippen molar-refractivity contribution in [1.82, 2.24) is 0 Å². The van der Waals surface area contributed by atoms with Crippen LogP contribution >= 0.6 is 11.6 Å². The van der Waals surface area contributed by atoms with E-state index in [-0.39, 0.29) is 6.07 Å². The lowest BCUT2D eigenvalue weighted by Gasteiger charge is -2.27. The first kappa shape index (κ1) is 16.7.